The van der Waals surface area contributed by atoms with E-state index in [1.54, 1.807) is 10.8 Å². The van der Waals surface area contributed by atoms with Crippen LogP contribution in [0.5, 0.6) is 0 Å². The summed E-state index contributed by atoms with van der Waals surface area (Å²) in [5.41, 5.74) is 7.22. The van der Waals surface area contributed by atoms with Gasteiger partial charge in [-0.05, 0) is 41.3 Å². The van der Waals surface area contributed by atoms with E-state index >= 15 is 0 Å². The lowest BCUT2D eigenvalue weighted by molar-refractivity contribution is 0.282. The van der Waals surface area contributed by atoms with E-state index in [1.807, 2.05) is 6.92 Å². The van der Waals surface area contributed by atoms with Gasteiger partial charge < -0.3 is 15.4 Å². The zero-order valence-electron chi connectivity index (χ0n) is 10.1. The van der Waals surface area contributed by atoms with E-state index in [9.17, 15) is 4.79 Å². The highest BCUT2D eigenvalue weighted by Gasteiger charge is 2.07. The van der Waals surface area contributed by atoms with E-state index in [0.717, 1.165) is 31.2 Å². The Kier molecular flexibility index (Phi) is 5.71. The molecule has 0 fully saturated rings. The first-order valence-electron chi connectivity index (χ1n) is 5.83. The maximum Gasteiger partial charge on any atom is 0.265 e. The standard InChI is InChI=1S/C12H19BrN2O2/c1-9-10(14)8-15(12(17)11(9)13)6-4-2-3-5-7-16/h8,16H,2-7,14H2,1H3. The molecule has 0 saturated carbocycles. The van der Waals surface area contributed by atoms with Crippen molar-refractivity contribution in [3.63, 3.8) is 0 Å². The first kappa shape index (κ1) is 14.3. The summed E-state index contributed by atoms with van der Waals surface area (Å²) in [6.45, 7) is 2.74. The number of unbranched alkanes of at least 4 members (excludes halogenated alkanes) is 3. The minimum atomic E-state index is -0.0288. The second-order valence-electron chi connectivity index (χ2n) is 4.16. The van der Waals surface area contributed by atoms with E-state index in [-0.39, 0.29) is 12.2 Å². The fourth-order valence-corrected chi connectivity index (χ4v) is 2.11. The minimum Gasteiger partial charge on any atom is -0.397 e. The average molecular weight is 303 g/mol. The number of hydrogen-bond acceptors (Lipinski definition) is 3. The maximum absolute atomic E-state index is 11.9. The molecule has 4 nitrogen and oxygen atoms in total. The van der Waals surface area contributed by atoms with Crippen molar-refractivity contribution in [1.29, 1.82) is 0 Å². The number of nitrogen functional groups attached to an aromatic ring is 1. The third-order valence-corrected chi connectivity index (χ3v) is 3.75. The summed E-state index contributed by atoms with van der Waals surface area (Å²) in [5, 5.41) is 8.65. The molecule has 1 heterocycles. The molecule has 0 aromatic carbocycles. The Hall–Kier alpha value is -0.810. The summed E-state index contributed by atoms with van der Waals surface area (Å²) in [6.07, 6.45) is 5.46. The number of aromatic nitrogens is 1. The van der Waals surface area contributed by atoms with Gasteiger partial charge in [0.05, 0.1) is 10.2 Å². The van der Waals surface area contributed by atoms with Crippen molar-refractivity contribution in [2.75, 3.05) is 12.3 Å². The lowest BCUT2D eigenvalue weighted by atomic mass is 10.2. The molecule has 0 spiro atoms. The molecular formula is C12H19BrN2O2. The summed E-state index contributed by atoms with van der Waals surface area (Å²) in [7, 11) is 0. The average Bonchev–Trinajstić information content (AvgIpc) is 2.32. The molecule has 1 rings (SSSR count). The lowest BCUT2D eigenvalue weighted by Crippen LogP contribution is -2.22. The van der Waals surface area contributed by atoms with Gasteiger partial charge in [0, 0.05) is 19.3 Å². The summed E-state index contributed by atoms with van der Waals surface area (Å²) in [4.78, 5) is 11.9. The SMILES string of the molecule is Cc1c(N)cn(CCCCCCO)c(=O)c1Br. The smallest absolute Gasteiger partial charge is 0.265 e. The largest absolute Gasteiger partial charge is 0.397 e. The van der Waals surface area contributed by atoms with Gasteiger partial charge in [-0.2, -0.15) is 0 Å². The zero-order valence-corrected chi connectivity index (χ0v) is 11.7. The molecule has 0 aliphatic heterocycles. The second-order valence-corrected chi connectivity index (χ2v) is 4.95. The van der Waals surface area contributed by atoms with Crippen LogP contribution in [-0.2, 0) is 6.54 Å². The van der Waals surface area contributed by atoms with Crippen LogP contribution in [0.25, 0.3) is 0 Å². The molecule has 0 unspecified atom stereocenters. The van der Waals surface area contributed by atoms with E-state index in [4.69, 9.17) is 10.8 Å². The van der Waals surface area contributed by atoms with Gasteiger partial charge in [0.2, 0.25) is 0 Å². The molecule has 1 aromatic heterocycles. The number of aliphatic hydroxyl groups excluding tert-OH is 1. The number of halogens is 1. The molecule has 0 amide bonds. The molecule has 0 aliphatic rings. The van der Waals surface area contributed by atoms with Crippen LogP contribution in [0.15, 0.2) is 15.5 Å². The number of nitrogens with two attached hydrogens (primary N) is 1. The highest BCUT2D eigenvalue weighted by Crippen LogP contribution is 2.17. The van der Waals surface area contributed by atoms with Crippen molar-refractivity contribution < 1.29 is 5.11 Å². The number of aryl methyl sites for hydroxylation is 1. The number of pyridine rings is 1. The first-order valence-corrected chi connectivity index (χ1v) is 6.63. The van der Waals surface area contributed by atoms with Crippen LogP contribution < -0.4 is 11.3 Å². The van der Waals surface area contributed by atoms with Crippen molar-refractivity contribution >= 4 is 21.6 Å². The van der Waals surface area contributed by atoms with Crippen molar-refractivity contribution in [2.24, 2.45) is 0 Å². The Labute approximate surface area is 110 Å². The van der Waals surface area contributed by atoms with Crippen molar-refractivity contribution in [2.45, 2.75) is 39.2 Å². The predicted molar refractivity (Wildman–Crippen MR) is 73.1 cm³/mol. The van der Waals surface area contributed by atoms with Gasteiger partial charge in [0.1, 0.15) is 0 Å². The topological polar surface area (TPSA) is 68.2 Å². The van der Waals surface area contributed by atoms with Gasteiger partial charge >= 0.3 is 0 Å². The normalized spacial score (nSPS) is 10.8. The fourth-order valence-electron chi connectivity index (χ4n) is 1.65. The maximum atomic E-state index is 11.9. The van der Waals surface area contributed by atoms with E-state index in [0.29, 0.717) is 16.7 Å². The summed E-state index contributed by atoms with van der Waals surface area (Å²) >= 11 is 3.27. The van der Waals surface area contributed by atoms with E-state index < -0.39 is 0 Å². The van der Waals surface area contributed by atoms with Gasteiger partial charge in [-0.25, -0.2) is 0 Å². The number of nitrogens with zero attached hydrogens (tertiary/aromatic N) is 1. The molecular weight excluding hydrogens is 284 g/mol. The Morgan fingerprint density at radius 1 is 1.35 bits per heavy atom. The Bertz CT molecular complexity index is 429. The molecule has 0 radical (unpaired) electrons. The molecule has 1 aromatic rings. The van der Waals surface area contributed by atoms with Crippen LogP contribution in [0.4, 0.5) is 5.69 Å². The van der Waals surface area contributed by atoms with Crippen molar-refractivity contribution in [1.82, 2.24) is 4.57 Å². The van der Waals surface area contributed by atoms with Crippen LogP contribution in [0.2, 0.25) is 0 Å². The van der Waals surface area contributed by atoms with Gasteiger partial charge in [-0.3, -0.25) is 4.79 Å². The second kappa shape index (κ2) is 6.81. The zero-order chi connectivity index (χ0) is 12.8. The number of aliphatic hydroxyl groups is 1. The molecule has 0 saturated heterocycles. The number of hydrogen-bond donors (Lipinski definition) is 2. The molecule has 96 valence electrons. The summed E-state index contributed by atoms with van der Waals surface area (Å²) in [5.74, 6) is 0. The first-order chi connectivity index (χ1) is 8.07. The molecule has 0 bridgehead atoms. The minimum absolute atomic E-state index is 0.0288. The van der Waals surface area contributed by atoms with Crippen LogP contribution >= 0.6 is 15.9 Å². The predicted octanol–water partition coefficient (Wildman–Crippen LogP) is 2.05. The highest BCUT2D eigenvalue weighted by atomic mass is 79.9. The van der Waals surface area contributed by atoms with Gasteiger partial charge in [0.15, 0.2) is 0 Å². The van der Waals surface area contributed by atoms with Crippen molar-refractivity contribution in [3.8, 4) is 0 Å². The Morgan fingerprint density at radius 3 is 2.65 bits per heavy atom. The third kappa shape index (κ3) is 3.85. The van der Waals surface area contributed by atoms with Crippen LogP contribution in [0, 0.1) is 6.92 Å². The summed E-state index contributed by atoms with van der Waals surface area (Å²) in [6, 6.07) is 0. The quantitative estimate of drug-likeness (QED) is 0.790. The number of anilines is 1. The van der Waals surface area contributed by atoms with Crippen LogP contribution in [0.1, 0.15) is 31.2 Å². The third-order valence-electron chi connectivity index (χ3n) is 2.81. The fraction of sp³-hybridized carbons (Fsp3) is 0.583. The van der Waals surface area contributed by atoms with E-state index in [1.165, 1.54) is 0 Å². The van der Waals surface area contributed by atoms with E-state index in [2.05, 4.69) is 15.9 Å². The Morgan fingerprint density at radius 2 is 2.00 bits per heavy atom. The van der Waals surface area contributed by atoms with Crippen molar-refractivity contribution in [3.05, 3.63) is 26.6 Å². The molecule has 0 aliphatic carbocycles. The number of rotatable bonds is 6. The monoisotopic (exact) mass is 302 g/mol. The molecule has 17 heavy (non-hydrogen) atoms. The van der Waals surface area contributed by atoms with Crippen LogP contribution in [-0.4, -0.2) is 16.3 Å². The van der Waals surface area contributed by atoms with Gasteiger partial charge in [-0.1, -0.05) is 12.8 Å². The Balaban J connectivity index is 2.63. The van der Waals surface area contributed by atoms with Gasteiger partial charge in [0.25, 0.3) is 5.56 Å². The molecule has 0 atom stereocenters. The van der Waals surface area contributed by atoms with Crippen LogP contribution in [0.3, 0.4) is 0 Å². The summed E-state index contributed by atoms with van der Waals surface area (Å²) < 4.78 is 2.19. The highest BCUT2D eigenvalue weighted by molar-refractivity contribution is 9.10. The molecule has 3 N–H and O–H groups in total. The lowest BCUT2D eigenvalue weighted by Gasteiger charge is -2.10. The molecule has 5 heteroatoms. The van der Waals surface area contributed by atoms with Gasteiger partial charge in [-0.15, -0.1) is 0 Å².